The van der Waals surface area contributed by atoms with Gasteiger partial charge in [0.25, 0.3) is 0 Å². The predicted octanol–water partition coefficient (Wildman–Crippen LogP) is 4.88. The molecule has 5 rings (SSSR count). The maximum atomic E-state index is 13.9. The first-order chi connectivity index (χ1) is 21.0. The van der Waals surface area contributed by atoms with Crippen molar-refractivity contribution >= 4 is 17.5 Å². The van der Waals surface area contributed by atoms with Crippen molar-refractivity contribution in [1.29, 1.82) is 0 Å². The van der Waals surface area contributed by atoms with Crippen molar-refractivity contribution in [3.05, 3.63) is 71.3 Å². The molecule has 2 aromatic rings. The summed E-state index contributed by atoms with van der Waals surface area (Å²) in [4.78, 5) is 37.3. The summed E-state index contributed by atoms with van der Waals surface area (Å²) in [6, 6.07) is 17.6. The first kappa shape index (κ1) is 31.2. The van der Waals surface area contributed by atoms with Crippen LogP contribution in [0.3, 0.4) is 0 Å². The Morgan fingerprint density at radius 2 is 1.67 bits per heavy atom. The molecule has 2 aliphatic heterocycles. The molecule has 1 aliphatic carbocycles. The molecule has 2 amide bonds. The van der Waals surface area contributed by atoms with Crippen LogP contribution in [0.15, 0.2) is 59.8 Å². The number of amides is 2. The molecule has 2 heterocycles. The van der Waals surface area contributed by atoms with Crippen LogP contribution in [-0.4, -0.2) is 76.4 Å². The van der Waals surface area contributed by atoms with Gasteiger partial charge in [-0.3, -0.25) is 14.5 Å². The number of benzene rings is 2. The lowest BCUT2D eigenvalue weighted by Crippen LogP contribution is -2.75. The molecule has 0 unspecified atom stereocenters. The summed E-state index contributed by atoms with van der Waals surface area (Å²) in [6.45, 7) is 7.32. The number of aliphatic hydroxyl groups is 1. The number of carbonyl (C=O) groups excluding carboxylic acids is 2. The number of carbonyl (C=O) groups is 2. The Morgan fingerprint density at radius 1 is 1.00 bits per heavy atom. The summed E-state index contributed by atoms with van der Waals surface area (Å²) in [7, 11) is 0. The van der Waals surface area contributed by atoms with Gasteiger partial charge in [-0.05, 0) is 50.5 Å². The Hall–Kier alpha value is -3.23. The van der Waals surface area contributed by atoms with Crippen molar-refractivity contribution < 1.29 is 19.5 Å². The highest BCUT2D eigenvalue weighted by molar-refractivity contribution is 6.12. The molecule has 0 bridgehead atoms. The van der Waals surface area contributed by atoms with Crippen LogP contribution in [0.1, 0.15) is 88.3 Å². The van der Waals surface area contributed by atoms with Crippen molar-refractivity contribution in [3.63, 3.8) is 0 Å². The summed E-state index contributed by atoms with van der Waals surface area (Å²) in [5.41, 5.74) is 3.16. The number of likely N-dealkylation sites (tertiary alicyclic amines) is 1. The van der Waals surface area contributed by atoms with E-state index >= 15 is 0 Å². The Bertz CT molecular complexity index is 1230. The molecule has 0 aromatic heterocycles. The first-order valence-electron chi connectivity index (χ1n) is 16.3. The van der Waals surface area contributed by atoms with Crippen LogP contribution in [-0.2, 0) is 21.0 Å². The quantitative estimate of drug-likeness (QED) is 0.288. The SMILES string of the molecule is CCCCN1C(=O)[C@@H]([C@H](O)C2CCCCC2)NC(=O)C12CCN(Cc1ccc(C(=NOCC)c3ccccc3)cc1)CC2. The van der Waals surface area contributed by atoms with Crippen LogP contribution in [0.5, 0.6) is 0 Å². The summed E-state index contributed by atoms with van der Waals surface area (Å²) < 4.78 is 0. The molecule has 0 radical (unpaired) electrons. The average Bonchev–Trinajstić information content (AvgIpc) is 3.05. The zero-order valence-electron chi connectivity index (χ0n) is 25.8. The lowest BCUT2D eigenvalue weighted by atomic mass is 9.78. The van der Waals surface area contributed by atoms with Crippen molar-refractivity contribution in [2.45, 2.75) is 95.9 Å². The van der Waals surface area contributed by atoms with Crippen LogP contribution in [0.25, 0.3) is 0 Å². The minimum absolute atomic E-state index is 0.0764. The van der Waals surface area contributed by atoms with Crippen LogP contribution >= 0.6 is 0 Å². The fourth-order valence-electron chi connectivity index (χ4n) is 7.06. The Morgan fingerprint density at radius 3 is 2.33 bits per heavy atom. The number of unbranched alkanes of at least 4 members (excludes halogenated alkanes) is 1. The standard InChI is InChI=1S/C35H48N4O4/c1-3-5-22-39-33(41)31(32(40)29-14-10-7-11-15-29)36-34(42)35(39)20-23-38(24-21-35)25-26-16-18-28(19-17-26)30(37-43-4-2)27-12-8-6-9-13-27/h6,8-9,12-13,16-19,29,31-32,40H,3-5,7,10-11,14-15,20-25H2,1-2H3,(H,36,42)/t31-,32-/m1/s1. The highest BCUT2D eigenvalue weighted by atomic mass is 16.6. The fourth-order valence-corrected chi connectivity index (χ4v) is 7.06. The van der Waals surface area contributed by atoms with E-state index in [-0.39, 0.29) is 17.7 Å². The normalized spacial score (nSPS) is 22.4. The van der Waals surface area contributed by atoms with Gasteiger partial charge in [-0.2, -0.15) is 0 Å². The molecule has 2 aromatic carbocycles. The average molecular weight is 589 g/mol. The van der Waals surface area contributed by atoms with E-state index in [1.165, 1.54) is 12.0 Å². The maximum absolute atomic E-state index is 13.9. The van der Waals surface area contributed by atoms with Crippen molar-refractivity contribution in [3.8, 4) is 0 Å². The molecule has 43 heavy (non-hydrogen) atoms. The van der Waals surface area contributed by atoms with Crippen molar-refractivity contribution in [2.75, 3.05) is 26.2 Å². The molecule has 232 valence electrons. The molecule has 8 nitrogen and oxygen atoms in total. The topological polar surface area (TPSA) is 94.5 Å². The minimum Gasteiger partial charge on any atom is -0.396 e. The van der Waals surface area contributed by atoms with Gasteiger partial charge in [0.05, 0.1) is 6.10 Å². The van der Waals surface area contributed by atoms with Gasteiger partial charge in [-0.25, -0.2) is 0 Å². The minimum atomic E-state index is -0.838. The van der Waals surface area contributed by atoms with Crippen LogP contribution < -0.4 is 5.32 Å². The number of nitrogens with zero attached hydrogens (tertiary/aromatic N) is 3. The van der Waals surface area contributed by atoms with Gasteiger partial charge in [0.2, 0.25) is 11.8 Å². The van der Waals surface area contributed by atoms with Gasteiger partial charge in [0, 0.05) is 37.3 Å². The number of hydrogen-bond acceptors (Lipinski definition) is 6. The highest BCUT2D eigenvalue weighted by Crippen LogP contribution is 2.36. The molecule has 2 atom stereocenters. The Kier molecular flexibility index (Phi) is 10.5. The zero-order valence-corrected chi connectivity index (χ0v) is 25.8. The zero-order chi connectivity index (χ0) is 30.2. The van der Waals surface area contributed by atoms with E-state index in [9.17, 15) is 14.7 Å². The van der Waals surface area contributed by atoms with Crippen LogP contribution in [0, 0.1) is 5.92 Å². The third-order valence-corrected chi connectivity index (χ3v) is 9.62. The second-order valence-electron chi connectivity index (χ2n) is 12.4. The molecular weight excluding hydrogens is 540 g/mol. The summed E-state index contributed by atoms with van der Waals surface area (Å²) in [5, 5.41) is 18.6. The number of rotatable bonds is 11. The number of nitrogens with one attached hydrogen (secondary N) is 1. The third-order valence-electron chi connectivity index (χ3n) is 9.62. The number of aliphatic hydroxyl groups excluding tert-OH is 1. The number of piperidine rings is 1. The molecule has 8 heteroatoms. The third kappa shape index (κ3) is 6.96. The largest absolute Gasteiger partial charge is 0.396 e. The lowest BCUT2D eigenvalue weighted by Gasteiger charge is -2.52. The van der Waals surface area contributed by atoms with E-state index in [1.54, 1.807) is 0 Å². The Balaban J connectivity index is 1.25. The number of oxime groups is 1. The van der Waals surface area contributed by atoms with Gasteiger partial charge < -0.3 is 20.2 Å². The number of hydrogen-bond donors (Lipinski definition) is 2. The summed E-state index contributed by atoms with van der Waals surface area (Å²) >= 11 is 0. The van der Waals surface area contributed by atoms with E-state index in [1.807, 2.05) is 42.2 Å². The Labute approximate surface area is 256 Å². The van der Waals surface area contributed by atoms with E-state index in [0.29, 0.717) is 26.0 Å². The summed E-state index contributed by atoms with van der Waals surface area (Å²) in [6.07, 6.45) is 7.34. The van der Waals surface area contributed by atoms with E-state index in [0.717, 1.165) is 75.0 Å². The smallest absolute Gasteiger partial charge is 0.248 e. The van der Waals surface area contributed by atoms with Crippen molar-refractivity contribution in [2.24, 2.45) is 11.1 Å². The van der Waals surface area contributed by atoms with Gasteiger partial charge in [0.1, 0.15) is 23.9 Å². The molecule has 1 saturated carbocycles. The molecular formula is C35H48N4O4. The van der Waals surface area contributed by atoms with Crippen LogP contribution in [0.2, 0.25) is 0 Å². The van der Waals surface area contributed by atoms with Crippen LogP contribution in [0.4, 0.5) is 0 Å². The second kappa shape index (κ2) is 14.5. The fraction of sp³-hybridized carbons (Fsp3) is 0.571. The van der Waals surface area contributed by atoms with E-state index in [2.05, 4.69) is 46.6 Å². The van der Waals surface area contributed by atoms with Gasteiger partial charge in [-0.1, -0.05) is 92.4 Å². The first-order valence-corrected chi connectivity index (χ1v) is 16.3. The molecule has 2 N–H and O–H groups in total. The van der Waals surface area contributed by atoms with Gasteiger partial charge in [-0.15, -0.1) is 0 Å². The highest BCUT2D eigenvalue weighted by Gasteiger charge is 2.55. The van der Waals surface area contributed by atoms with Gasteiger partial charge in [0.15, 0.2) is 0 Å². The van der Waals surface area contributed by atoms with Crippen molar-refractivity contribution in [1.82, 2.24) is 15.1 Å². The maximum Gasteiger partial charge on any atom is 0.248 e. The lowest BCUT2D eigenvalue weighted by molar-refractivity contribution is -0.166. The van der Waals surface area contributed by atoms with E-state index in [4.69, 9.17) is 4.84 Å². The monoisotopic (exact) mass is 588 g/mol. The van der Waals surface area contributed by atoms with E-state index < -0.39 is 17.7 Å². The number of piperazine rings is 1. The van der Waals surface area contributed by atoms with Gasteiger partial charge >= 0.3 is 0 Å². The molecule has 3 aliphatic rings. The second-order valence-corrected chi connectivity index (χ2v) is 12.4. The molecule has 2 saturated heterocycles. The summed E-state index contributed by atoms with van der Waals surface area (Å²) in [5.74, 6) is -0.111. The molecule has 3 fully saturated rings. The predicted molar refractivity (Wildman–Crippen MR) is 169 cm³/mol. The molecule has 1 spiro atoms.